The van der Waals surface area contributed by atoms with Crippen LogP contribution in [-0.4, -0.2) is 56.6 Å². The minimum absolute atomic E-state index is 0.0338. The van der Waals surface area contributed by atoms with Crippen LogP contribution in [0.5, 0.6) is 0 Å². The summed E-state index contributed by atoms with van der Waals surface area (Å²) in [4.78, 5) is 13.4. The molecule has 1 N–H and O–H groups in total. The number of carbonyl (C=O) groups is 1. The Kier molecular flexibility index (Phi) is 4.88. The number of thioether (sulfide) groups is 1. The van der Waals surface area contributed by atoms with Gasteiger partial charge < -0.3 is 4.90 Å². The van der Waals surface area contributed by atoms with Gasteiger partial charge in [0, 0.05) is 37.6 Å². The van der Waals surface area contributed by atoms with Gasteiger partial charge in [-0.2, -0.15) is 11.8 Å². The topological polar surface area (TPSA) is 66.5 Å². The smallest absolute Gasteiger partial charge is 0.223 e. The van der Waals surface area contributed by atoms with Crippen molar-refractivity contribution in [2.24, 2.45) is 0 Å². The van der Waals surface area contributed by atoms with Crippen LogP contribution in [-0.2, 0) is 14.8 Å². The van der Waals surface area contributed by atoms with E-state index >= 15 is 0 Å². The van der Waals surface area contributed by atoms with E-state index in [9.17, 15) is 13.2 Å². The quantitative estimate of drug-likeness (QED) is 0.732. The zero-order valence-corrected chi connectivity index (χ0v) is 10.4. The van der Waals surface area contributed by atoms with Crippen molar-refractivity contribution in [3.05, 3.63) is 0 Å². The molecule has 1 aliphatic heterocycles. The lowest BCUT2D eigenvalue weighted by molar-refractivity contribution is -0.130. The summed E-state index contributed by atoms with van der Waals surface area (Å²) in [6.07, 6.45) is 1.34. The molecule has 0 aromatic carbocycles. The SMILES string of the molecule is CS(=O)(=O)NCCC(=O)N1CCSCC1. The highest BCUT2D eigenvalue weighted by atomic mass is 32.2. The predicted molar refractivity (Wildman–Crippen MR) is 61.4 cm³/mol. The van der Waals surface area contributed by atoms with Crippen molar-refractivity contribution in [3.63, 3.8) is 0 Å². The van der Waals surface area contributed by atoms with Crippen LogP contribution in [0.25, 0.3) is 0 Å². The number of nitrogens with zero attached hydrogens (tertiary/aromatic N) is 1. The van der Waals surface area contributed by atoms with Crippen molar-refractivity contribution in [2.75, 3.05) is 37.4 Å². The summed E-state index contributed by atoms with van der Waals surface area (Å²) in [6.45, 7) is 1.76. The zero-order valence-electron chi connectivity index (χ0n) is 8.73. The van der Waals surface area contributed by atoms with E-state index in [-0.39, 0.29) is 18.9 Å². The Bertz CT molecular complexity index is 310. The number of rotatable bonds is 4. The molecule has 1 heterocycles. The molecule has 5 nitrogen and oxygen atoms in total. The summed E-state index contributed by atoms with van der Waals surface area (Å²) < 4.78 is 23.8. The predicted octanol–water partition coefficient (Wildman–Crippen LogP) is -0.499. The van der Waals surface area contributed by atoms with Crippen molar-refractivity contribution < 1.29 is 13.2 Å². The fourth-order valence-corrected chi connectivity index (χ4v) is 2.69. The number of nitrogens with one attached hydrogen (secondary N) is 1. The van der Waals surface area contributed by atoms with Gasteiger partial charge in [0.15, 0.2) is 0 Å². The van der Waals surface area contributed by atoms with Crippen molar-refractivity contribution >= 4 is 27.7 Å². The Balaban J connectivity index is 2.23. The third kappa shape index (κ3) is 5.39. The van der Waals surface area contributed by atoms with E-state index in [1.165, 1.54) is 0 Å². The average molecular weight is 252 g/mol. The third-order valence-corrected chi connectivity index (χ3v) is 3.74. The fraction of sp³-hybridized carbons (Fsp3) is 0.875. The average Bonchev–Trinajstić information content (AvgIpc) is 2.17. The van der Waals surface area contributed by atoms with Crippen LogP contribution in [0.15, 0.2) is 0 Å². The third-order valence-electron chi connectivity index (χ3n) is 2.07. The van der Waals surface area contributed by atoms with Crippen molar-refractivity contribution in [1.29, 1.82) is 0 Å². The van der Waals surface area contributed by atoms with Gasteiger partial charge >= 0.3 is 0 Å². The standard InChI is InChI=1S/C8H16N2O3S2/c1-15(12,13)9-3-2-8(11)10-4-6-14-7-5-10/h9H,2-7H2,1H3. The Morgan fingerprint density at radius 2 is 2.00 bits per heavy atom. The highest BCUT2D eigenvalue weighted by Crippen LogP contribution is 2.09. The highest BCUT2D eigenvalue weighted by molar-refractivity contribution is 7.99. The Morgan fingerprint density at radius 1 is 1.40 bits per heavy atom. The molecule has 1 fully saturated rings. The van der Waals surface area contributed by atoms with Crippen LogP contribution in [0.1, 0.15) is 6.42 Å². The molecule has 1 saturated heterocycles. The molecule has 15 heavy (non-hydrogen) atoms. The van der Waals surface area contributed by atoms with E-state index in [2.05, 4.69) is 4.72 Å². The second kappa shape index (κ2) is 5.72. The molecule has 0 aliphatic carbocycles. The number of carbonyl (C=O) groups excluding carboxylic acids is 1. The van der Waals surface area contributed by atoms with Gasteiger partial charge in [-0.1, -0.05) is 0 Å². The second-order valence-corrected chi connectivity index (χ2v) is 6.47. The minimum Gasteiger partial charge on any atom is -0.341 e. The van der Waals surface area contributed by atoms with Gasteiger partial charge in [0.25, 0.3) is 0 Å². The van der Waals surface area contributed by atoms with Crippen LogP contribution in [0.4, 0.5) is 0 Å². The molecule has 0 aromatic heterocycles. The molecule has 0 atom stereocenters. The lowest BCUT2D eigenvalue weighted by Gasteiger charge is -2.26. The summed E-state index contributed by atoms with van der Waals surface area (Å²) in [5, 5.41) is 0. The zero-order chi connectivity index (χ0) is 11.3. The molecule has 0 spiro atoms. The monoisotopic (exact) mass is 252 g/mol. The van der Waals surface area contributed by atoms with E-state index in [0.717, 1.165) is 30.9 Å². The molecule has 1 aliphatic rings. The first-order chi connectivity index (χ1) is 6.99. The van der Waals surface area contributed by atoms with Gasteiger partial charge in [0.05, 0.1) is 6.26 Å². The maximum atomic E-state index is 11.6. The van der Waals surface area contributed by atoms with E-state index in [1.807, 2.05) is 11.8 Å². The van der Waals surface area contributed by atoms with Gasteiger partial charge in [-0.3, -0.25) is 4.79 Å². The summed E-state index contributed by atoms with van der Waals surface area (Å²) in [6, 6.07) is 0. The fourth-order valence-electron chi connectivity index (χ4n) is 1.31. The van der Waals surface area contributed by atoms with E-state index in [1.54, 1.807) is 4.90 Å². The van der Waals surface area contributed by atoms with Crippen molar-refractivity contribution in [3.8, 4) is 0 Å². The maximum Gasteiger partial charge on any atom is 0.223 e. The van der Waals surface area contributed by atoms with Crippen LogP contribution >= 0.6 is 11.8 Å². The summed E-state index contributed by atoms with van der Waals surface area (Å²) in [5.74, 6) is 1.99. The first kappa shape index (κ1) is 12.8. The molecule has 0 aromatic rings. The van der Waals surface area contributed by atoms with Gasteiger partial charge in [0.1, 0.15) is 0 Å². The van der Waals surface area contributed by atoms with Crippen molar-refractivity contribution in [2.45, 2.75) is 6.42 Å². The van der Waals surface area contributed by atoms with Crippen LogP contribution in [0.3, 0.4) is 0 Å². The molecule has 7 heteroatoms. The molecule has 1 rings (SSSR count). The van der Waals surface area contributed by atoms with E-state index in [0.29, 0.717) is 0 Å². The number of amides is 1. The Labute approximate surface area is 94.6 Å². The van der Waals surface area contributed by atoms with Crippen LogP contribution < -0.4 is 4.72 Å². The van der Waals surface area contributed by atoms with Crippen molar-refractivity contribution in [1.82, 2.24) is 9.62 Å². The molecule has 1 amide bonds. The van der Waals surface area contributed by atoms with Gasteiger partial charge in [-0.25, -0.2) is 13.1 Å². The Hall–Kier alpha value is -0.270. The summed E-state index contributed by atoms with van der Waals surface area (Å²) in [7, 11) is -3.18. The summed E-state index contributed by atoms with van der Waals surface area (Å²) in [5.41, 5.74) is 0. The normalized spacial score (nSPS) is 17.8. The van der Waals surface area contributed by atoms with E-state index in [4.69, 9.17) is 0 Å². The molecule has 0 unspecified atom stereocenters. The lowest BCUT2D eigenvalue weighted by atomic mass is 10.3. The Morgan fingerprint density at radius 3 is 2.53 bits per heavy atom. The molecule has 0 bridgehead atoms. The van der Waals surface area contributed by atoms with Gasteiger partial charge in [0.2, 0.25) is 15.9 Å². The molecule has 0 radical (unpaired) electrons. The number of sulfonamides is 1. The summed E-state index contributed by atoms with van der Waals surface area (Å²) >= 11 is 1.84. The second-order valence-electron chi connectivity index (χ2n) is 3.41. The highest BCUT2D eigenvalue weighted by Gasteiger charge is 2.16. The van der Waals surface area contributed by atoms with E-state index < -0.39 is 10.0 Å². The maximum absolute atomic E-state index is 11.6. The molecular formula is C8H16N2O3S2. The largest absolute Gasteiger partial charge is 0.341 e. The first-order valence-electron chi connectivity index (χ1n) is 4.79. The molecule has 88 valence electrons. The van der Waals surface area contributed by atoms with Crippen LogP contribution in [0, 0.1) is 0 Å². The molecule has 0 saturated carbocycles. The van der Waals surface area contributed by atoms with Gasteiger partial charge in [-0.15, -0.1) is 0 Å². The number of hydrogen-bond donors (Lipinski definition) is 1. The molecular weight excluding hydrogens is 236 g/mol. The first-order valence-corrected chi connectivity index (χ1v) is 7.84. The number of hydrogen-bond acceptors (Lipinski definition) is 4. The van der Waals surface area contributed by atoms with Gasteiger partial charge in [-0.05, 0) is 0 Å². The van der Waals surface area contributed by atoms with Crippen LogP contribution in [0.2, 0.25) is 0 Å². The minimum atomic E-state index is -3.18. The lowest BCUT2D eigenvalue weighted by Crippen LogP contribution is -2.39.